The maximum Gasteiger partial charge on any atom is 0.252 e. The van der Waals surface area contributed by atoms with Crippen molar-refractivity contribution in [2.24, 2.45) is 0 Å². The van der Waals surface area contributed by atoms with Crippen LogP contribution in [0.5, 0.6) is 0 Å². The number of fused-ring (bicyclic) bond motifs is 1. The van der Waals surface area contributed by atoms with Crippen molar-refractivity contribution in [1.82, 2.24) is 9.21 Å². The molecular weight excluding hydrogens is 404 g/mol. The minimum atomic E-state index is -3.47. The van der Waals surface area contributed by atoms with Crippen molar-refractivity contribution in [2.45, 2.75) is 42.0 Å². The van der Waals surface area contributed by atoms with Crippen LogP contribution in [-0.4, -0.2) is 61.1 Å². The number of aliphatic hydroxyl groups excluding tert-OH is 1. The summed E-state index contributed by atoms with van der Waals surface area (Å²) in [4.78, 5) is 2.31. The molecule has 0 unspecified atom stereocenters. The number of allylic oxidation sites excluding steroid dienone is 1. The molecule has 0 amide bonds. The summed E-state index contributed by atoms with van der Waals surface area (Å²) in [6.45, 7) is 4.03. The Morgan fingerprint density at radius 1 is 1.17 bits per heavy atom. The van der Waals surface area contributed by atoms with E-state index in [0.717, 1.165) is 24.9 Å². The van der Waals surface area contributed by atoms with E-state index in [4.69, 9.17) is 0 Å². The average molecular weight is 433 g/mol. The van der Waals surface area contributed by atoms with Crippen LogP contribution < -0.4 is 0 Å². The summed E-state index contributed by atoms with van der Waals surface area (Å²) in [6, 6.07) is 12.0. The first-order chi connectivity index (χ1) is 14.1. The highest BCUT2D eigenvalue weighted by Gasteiger charge is 2.50. The molecule has 1 N–H and O–H groups in total. The summed E-state index contributed by atoms with van der Waals surface area (Å²) in [7, 11) is -3.47. The van der Waals surface area contributed by atoms with Gasteiger partial charge in [-0.3, -0.25) is 4.90 Å². The topological polar surface area (TPSA) is 60.9 Å². The van der Waals surface area contributed by atoms with Crippen LogP contribution >= 0.6 is 11.3 Å². The molecule has 2 aliphatic rings. The second kappa shape index (κ2) is 8.70. The van der Waals surface area contributed by atoms with Gasteiger partial charge in [0.1, 0.15) is 4.21 Å². The first-order valence-electron chi connectivity index (χ1n) is 10.2. The van der Waals surface area contributed by atoms with Crippen LogP contribution in [0.2, 0.25) is 0 Å². The molecule has 0 aliphatic carbocycles. The number of aliphatic hydroxyl groups is 1. The Morgan fingerprint density at radius 2 is 1.93 bits per heavy atom. The van der Waals surface area contributed by atoms with Crippen molar-refractivity contribution in [2.75, 3.05) is 26.2 Å². The summed E-state index contributed by atoms with van der Waals surface area (Å²) < 4.78 is 28.4. The Labute approximate surface area is 177 Å². The molecule has 0 saturated carbocycles. The van der Waals surface area contributed by atoms with E-state index in [0.29, 0.717) is 17.3 Å². The van der Waals surface area contributed by atoms with Gasteiger partial charge in [-0.15, -0.1) is 11.3 Å². The highest BCUT2D eigenvalue weighted by molar-refractivity contribution is 7.91. The van der Waals surface area contributed by atoms with Gasteiger partial charge in [0.2, 0.25) is 0 Å². The van der Waals surface area contributed by atoms with Gasteiger partial charge in [-0.05, 0) is 48.9 Å². The molecule has 0 radical (unpaired) electrons. The normalized spacial score (nSPS) is 26.6. The van der Waals surface area contributed by atoms with Crippen molar-refractivity contribution in [3.8, 4) is 0 Å². The van der Waals surface area contributed by atoms with Gasteiger partial charge in [-0.1, -0.05) is 42.5 Å². The fourth-order valence-corrected chi connectivity index (χ4v) is 7.33. The lowest BCUT2D eigenvalue weighted by Gasteiger charge is -2.57. The van der Waals surface area contributed by atoms with Crippen molar-refractivity contribution in [3.05, 3.63) is 59.0 Å². The number of hydrogen-bond acceptors (Lipinski definition) is 5. The predicted octanol–water partition coefficient (Wildman–Crippen LogP) is 3.39. The summed E-state index contributed by atoms with van der Waals surface area (Å²) >= 11 is 1.27. The second-order valence-electron chi connectivity index (χ2n) is 7.75. The smallest absolute Gasteiger partial charge is 0.252 e. The molecule has 2 fully saturated rings. The molecule has 3 atom stereocenters. The fourth-order valence-electron chi connectivity index (χ4n) is 4.69. The van der Waals surface area contributed by atoms with Gasteiger partial charge in [0.15, 0.2) is 0 Å². The van der Waals surface area contributed by atoms with Crippen LogP contribution in [-0.2, 0) is 10.0 Å². The first kappa shape index (κ1) is 20.8. The molecule has 2 saturated heterocycles. The minimum Gasteiger partial charge on any atom is -0.395 e. The molecule has 7 heteroatoms. The molecule has 5 nitrogen and oxygen atoms in total. The molecule has 0 spiro atoms. The molecule has 2 aliphatic heterocycles. The largest absolute Gasteiger partial charge is 0.395 e. The van der Waals surface area contributed by atoms with Crippen LogP contribution in [0.3, 0.4) is 0 Å². The Balaban J connectivity index is 1.62. The van der Waals surface area contributed by atoms with Gasteiger partial charge in [-0.2, -0.15) is 4.31 Å². The number of nitrogens with zero attached hydrogens (tertiary/aromatic N) is 2. The van der Waals surface area contributed by atoms with E-state index in [1.807, 2.05) is 18.4 Å². The predicted molar refractivity (Wildman–Crippen MR) is 118 cm³/mol. The van der Waals surface area contributed by atoms with Crippen LogP contribution in [0.25, 0.3) is 6.08 Å². The van der Waals surface area contributed by atoms with Gasteiger partial charge in [-0.25, -0.2) is 8.42 Å². The van der Waals surface area contributed by atoms with Crippen LogP contribution in [0.4, 0.5) is 0 Å². The van der Waals surface area contributed by atoms with Crippen molar-refractivity contribution < 1.29 is 13.5 Å². The molecule has 4 rings (SSSR count). The number of hydrogen-bond donors (Lipinski definition) is 1. The van der Waals surface area contributed by atoms with E-state index >= 15 is 0 Å². The third-order valence-electron chi connectivity index (χ3n) is 6.10. The molecule has 1 aromatic carbocycles. The highest BCUT2D eigenvalue weighted by Crippen LogP contribution is 2.42. The molecule has 29 heavy (non-hydrogen) atoms. The third kappa shape index (κ3) is 3.94. The Hall–Kier alpha value is -1.51. The summed E-state index contributed by atoms with van der Waals surface area (Å²) in [5.74, 6) is 0.138. The average Bonchev–Trinajstić information content (AvgIpc) is 3.24. The van der Waals surface area contributed by atoms with Crippen LogP contribution in [0.1, 0.15) is 36.8 Å². The molecule has 3 heterocycles. The van der Waals surface area contributed by atoms with E-state index in [1.54, 1.807) is 16.4 Å². The van der Waals surface area contributed by atoms with E-state index in [-0.39, 0.29) is 24.6 Å². The van der Waals surface area contributed by atoms with Gasteiger partial charge < -0.3 is 5.11 Å². The maximum atomic E-state index is 13.2. The highest BCUT2D eigenvalue weighted by atomic mass is 32.2. The monoisotopic (exact) mass is 432 g/mol. The number of sulfonamides is 1. The van der Waals surface area contributed by atoms with E-state index < -0.39 is 10.0 Å². The molecule has 0 bridgehead atoms. The Morgan fingerprint density at radius 3 is 2.59 bits per heavy atom. The lowest BCUT2D eigenvalue weighted by atomic mass is 9.74. The minimum absolute atomic E-state index is 0.0527. The maximum absolute atomic E-state index is 13.2. The lowest BCUT2D eigenvalue weighted by Crippen LogP contribution is -2.67. The third-order valence-corrected chi connectivity index (χ3v) is 9.34. The number of thiophene rings is 1. The number of benzene rings is 1. The van der Waals surface area contributed by atoms with E-state index in [2.05, 4.69) is 35.2 Å². The van der Waals surface area contributed by atoms with Crippen molar-refractivity contribution in [3.63, 3.8) is 0 Å². The summed E-state index contributed by atoms with van der Waals surface area (Å²) in [5.41, 5.74) is 2.32. The Bertz CT molecular complexity index is 939. The van der Waals surface area contributed by atoms with Gasteiger partial charge in [0, 0.05) is 31.1 Å². The van der Waals surface area contributed by atoms with Crippen LogP contribution in [0, 0.1) is 0 Å². The zero-order valence-electron chi connectivity index (χ0n) is 16.6. The van der Waals surface area contributed by atoms with Crippen molar-refractivity contribution in [1.29, 1.82) is 0 Å². The standard InChI is InChI=1S/C22H28N2O3S2/c1-2-6-17-8-10-18(11-9-17)22-19-15-23(29(26,27)21-7-5-14-28-21)12-3-4-13-24(19)20(22)16-25/h2,5-11,14,19-20,22,25H,3-4,12-13,15-16H2,1H3/b6-2+/t19-,20-,22+/m1/s1. The van der Waals surface area contributed by atoms with Gasteiger partial charge in [0.05, 0.1) is 6.61 Å². The zero-order valence-corrected chi connectivity index (χ0v) is 18.3. The van der Waals surface area contributed by atoms with Crippen molar-refractivity contribution >= 4 is 27.4 Å². The molecular formula is C22H28N2O3S2. The SMILES string of the molecule is C/C=C/c1ccc([C@@H]2[C@@H](CO)N3CCCCN(S(=O)(=O)c4cccs4)C[C@H]23)cc1. The quantitative estimate of drug-likeness (QED) is 0.787. The lowest BCUT2D eigenvalue weighted by molar-refractivity contribution is -0.0553. The second-order valence-corrected chi connectivity index (χ2v) is 10.9. The molecule has 2 aromatic rings. The molecule has 156 valence electrons. The first-order valence-corrected chi connectivity index (χ1v) is 12.5. The van der Waals surface area contributed by atoms with E-state index in [1.165, 1.54) is 16.9 Å². The van der Waals surface area contributed by atoms with Gasteiger partial charge in [0.25, 0.3) is 10.0 Å². The fraction of sp³-hybridized carbons (Fsp3) is 0.455. The summed E-state index contributed by atoms with van der Waals surface area (Å²) in [6.07, 6.45) is 5.86. The zero-order chi connectivity index (χ0) is 20.4. The van der Waals surface area contributed by atoms with E-state index in [9.17, 15) is 13.5 Å². The number of rotatable bonds is 5. The summed E-state index contributed by atoms with van der Waals surface area (Å²) in [5, 5.41) is 11.9. The molecule has 1 aromatic heterocycles. The van der Waals surface area contributed by atoms with Crippen LogP contribution in [0.15, 0.2) is 52.1 Å². The Kier molecular flexibility index (Phi) is 6.22. The van der Waals surface area contributed by atoms with Gasteiger partial charge >= 0.3 is 0 Å².